The summed E-state index contributed by atoms with van der Waals surface area (Å²) in [5.41, 5.74) is 7.77. The lowest BCUT2D eigenvalue weighted by molar-refractivity contribution is -0.122. The van der Waals surface area contributed by atoms with Crippen molar-refractivity contribution in [3.05, 3.63) is 64.1 Å². The molecule has 0 aliphatic carbocycles. The maximum Gasteiger partial charge on any atom is 0.514 e. The van der Waals surface area contributed by atoms with Crippen molar-refractivity contribution in [3.63, 3.8) is 0 Å². The molecule has 32 heavy (non-hydrogen) atoms. The normalized spacial score (nSPS) is 11.6. The second-order valence-corrected chi connectivity index (χ2v) is 8.60. The number of halogens is 1. The van der Waals surface area contributed by atoms with Crippen LogP contribution in [0.5, 0.6) is 5.75 Å². The Kier molecular flexibility index (Phi) is 11.8. The number of hydrogen-bond acceptors (Lipinski definition) is 5. The Balaban J connectivity index is 1.68. The molecule has 0 aromatic heterocycles. The molecule has 0 unspecified atom stereocenters. The first kappa shape index (κ1) is 25.9. The number of hydrogen-bond donors (Lipinski definition) is 2. The fraction of sp³-hybridized carbons (Fsp3) is 0.440. The fourth-order valence-corrected chi connectivity index (χ4v) is 3.57. The maximum absolute atomic E-state index is 12.2. The number of carbonyl (C=O) groups excluding carboxylic acids is 2. The number of ether oxygens (including phenoxy) is 2. The van der Waals surface area contributed by atoms with Gasteiger partial charge in [0.25, 0.3) is 0 Å². The lowest BCUT2D eigenvalue weighted by Gasteiger charge is -2.13. The third-order valence-electron chi connectivity index (χ3n) is 5.05. The van der Waals surface area contributed by atoms with Gasteiger partial charge in [-0.1, -0.05) is 85.3 Å². The maximum atomic E-state index is 12.2. The zero-order chi connectivity index (χ0) is 23.2. The Morgan fingerprint density at radius 2 is 1.69 bits per heavy atom. The van der Waals surface area contributed by atoms with Crippen LogP contribution in [0.3, 0.4) is 0 Å². The third kappa shape index (κ3) is 9.83. The highest BCUT2D eigenvalue weighted by Gasteiger charge is 2.14. The number of nitrogens with one attached hydrogen (secondary N) is 1. The molecule has 0 saturated heterocycles. The standard InChI is InChI=1S/C25H33BrN2O4/c1-2-3-4-5-6-9-16-28-24(29)23(27)17-19-12-14-21(15-13-19)32-25(30)31-18-20-10-7-8-11-22(20)26/h7-8,10-15,23H,2-6,9,16-18,27H2,1H3,(H,28,29)/t23-/m0/s1. The van der Waals surface area contributed by atoms with Gasteiger partial charge < -0.3 is 20.5 Å². The zero-order valence-corrected chi connectivity index (χ0v) is 20.2. The molecule has 0 aliphatic heterocycles. The molecule has 6 nitrogen and oxygen atoms in total. The van der Waals surface area contributed by atoms with Gasteiger partial charge in [-0.05, 0) is 36.6 Å². The highest BCUT2D eigenvalue weighted by atomic mass is 79.9. The average Bonchev–Trinajstić information content (AvgIpc) is 2.79. The van der Waals surface area contributed by atoms with E-state index < -0.39 is 12.2 Å². The van der Waals surface area contributed by atoms with E-state index in [9.17, 15) is 9.59 Å². The number of rotatable bonds is 13. The molecular weight excluding hydrogens is 472 g/mol. The van der Waals surface area contributed by atoms with Gasteiger partial charge in [-0.25, -0.2) is 4.79 Å². The molecule has 2 rings (SSSR count). The van der Waals surface area contributed by atoms with Crippen LogP contribution in [0.1, 0.15) is 56.6 Å². The van der Waals surface area contributed by atoms with Crippen molar-refractivity contribution < 1.29 is 19.1 Å². The molecule has 0 spiro atoms. The largest absolute Gasteiger partial charge is 0.514 e. The van der Waals surface area contributed by atoms with Gasteiger partial charge in [0.1, 0.15) is 12.4 Å². The van der Waals surface area contributed by atoms with Crippen molar-refractivity contribution in [2.45, 2.75) is 64.5 Å². The van der Waals surface area contributed by atoms with E-state index in [2.05, 4.69) is 28.2 Å². The number of carbonyl (C=O) groups is 2. The topological polar surface area (TPSA) is 90.7 Å². The Morgan fingerprint density at radius 3 is 2.41 bits per heavy atom. The molecule has 3 N–H and O–H groups in total. The monoisotopic (exact) mass is 504 g/mol. The minimum Gasteiger partial charge on any atom is -0.429 e. The van der Waals surface area contributed by atoms with E-state index in [0.717, 1.165) is 28.4 Å². The number of nitrogens with two attached hydrogens (primary N) is 1. The molecule has 0 bridgehead atoms. The summed E-state index contributed by atoms with van der Waals surface area (Å²) >= 11 is 3.41. The second kappa shape index (κ2) is 14.6. The molecule has 2 aromatic carbocycles. The van der Waals surface area contributed by atoms with E-state index in [0.29, 0.717) is 18.7 Å². The fourth-order valence-electron chi connectivity index (χ4n) is 3.17. The Morgan fingerprint density at radius 1 is 1.00 bits per heavy atom. The Hall–Kier alpha value is -2.38. The SMILES string of the molecule is CCCCCCCCNC(=O)[C@@H](N)Cc1ccc(OC(=O)OCc2ccccc2Br)cc1. The molecule has 7 heteroatoms. The van der Waals surface area contributed by atoms with E-state index in [1.807, 2.05) is 24.3 Å². The first-order valence-electron chi connectivity index (χ1n) is 11.2. The van der Waals surface area contributed by atoms with Crippen LogP contribution in [0.2, 0.25) is 0 Å². The van der Waals surface area contributed by atoms with Gasteiger partial charge >= 0.3 is 6.16 Å². The average molecular weight is 505 g/mol. The first-order valence-corrected chi connectivity index (χ1v) is 12.0. The summed E-state index contributed by atoms with van der Waals surface area (Å²) in [7, 11) is 0. The summed E-state index contributed by atoms with van der Waals surface area (Å²) in [4.78, 5) is 24.1. The van der Waals surface area contributed by atoms with Crippen LogP contribution in [-0.2, 0) is 22.6 Å². The van der Waals surface area contributed by atoms with Crippen molar-refractivity contribution in [1.82, 2.24) is 5.32 Å². The summed E-state index contributed by atoms with van der Waals surface area (Å²) in [6.07, 6.45) is 6.71. The summed E-state index contributed by atoms with van der Waals surface area (Å²) in [6.45, 7) is 2.97. The van der Waals surface area contributed by atoms with Gasteiger partial charge in [0, 0.05) is 16.6 Å². The zero-order valence-electron chi connectivity index (χ0n) is 18.6. The molecule has 174 valence electrons. The van der Waals surface area contributed by atoms with E-state index in [1.54, 1.807) is 24.3 Å². The van der Waals surface area contributed by atoms with Crippen molar-refractivity contribution in [1.29, 1.82) is 0 Å². The summed E-state index contributed by atoms with van der Waals surface area (Å²) in [5.74, 6) is 0.224. The van der Waals surface area contributed by atoms with Gasteiger partial charge in [0.05, 0.1) is 6.04 Å². The van der Waals surface area contributed by atoms with E-state index >= 15 is 0 Å². The van der Waals surface area contributed by atoms with Gasteiger partial charge in [0.15, 0.2) is 0 Å². The molecule has 0 saturated carbocycles. The summed E-state index contributed by atoms with van der Waals surface area (Å²) in [6, 6.07) is 13.8. The molecule has 1 atom stereocenters. The minimum atomic E-state index is -0.778. The highest BCUT2D eigenvalue weighted by Crippen LogP contribution is 2.18. The van der Waals surface area contributed by atoms with E-state index in [1.165, 1.54) is 25.7 Å². The van der Waals surface area contributed by atoms with Crippen LogP contribution in [0.4, 0.5) is 4.79 Å². The Bertz CT molecular complexity index is 842. The van der Waals surface area contributed by atoms with Crippen LogP contribution in [0.15, 0.2) is 53.0 Å². The smallest absolute Gasteiger partial charge is 0.429 e. The molecule has 0 heterocycles. The van der Waals surface area contributed by atoms with Gasteiger partial charge in [-0.3, -0.25) is 4.79 Å². The lowest BCUT2D eigenvalue weighted by atomic mass is 10.1. The number of benzene rings is 2. The third-order valence-corrected chi connectivity index (χ3v) is 5.82. The van der Waals surface area contributed by atoms with Crippen LogP contribution in [0, 0.1) is 0 Å². The van der Waals surface area contributed by atoms with Crippen LogP contribution in [-0.4, -0.2) is 24.6 Å². The number of unbranched alkanes of at least 4 members (excludes halogenated alkanes) is 5. The molecule has 2 aromatic rings. The Labute approximate surface area is 199 Å². The minimum absolute atomic E-state index is 0.112. The highest BCUT2D eigenvalue weighted by molar-refractivity contribution is 9.10. The van der Waals surface area contributed by atoms with Crippen LogP contribution < -0.4 is 15.8 Å². The van der Waals surface area contributed by atoms with Crippen LogP contribution in [0.25, 0.3) is 0 Å². The van der Waals surface area contributed by atoms with Crippen molar-refractivity contribution in [3.8, 4) is 5.75 Å². The predicted molar refractivity (Wildman–Crippen MR) is 129 cm³/mol. The van der Waals surface area contributed by atoms with Gasteiger partial charge in [0.2, 0.25) is 5.91 Å². The van der Waals surface area contributed by atoms with Crippen molar-refractivity contribution in [2.75, 3.05) is 6.54 Å². The lowest BCUT2D eigenvalue weighted by Crippen LogP contribution is -2.42. The summed E-state index contributed by atoms with van der Waals surface area (Å²) < 4.78 is 11.2. The number of amides is 1. The van der Waals surface area contributed by atoms with Crippen LogP contribution >= 0.6 is 15.9 Å². The van der Waals surface area contributed by atoms with E-state index in [-0.39, 0.29) is 12.5 Å². The molecular formula is C25H33BrN2O4. The van der Waals surface area contributed by atoms with Crippen molar-refractivity contribution >= 4 is 28.0 Å². The van der Waals surface area contributed by atoms with Crippen molar-refractivity contribution in [2.24, 2.45) is 5.73 Å². The van der Waals surface area contributed by atoms with Gasteiger partial charge in [-0.15, -0.1) is 0 Å². The molecule has 0 fully saturated rings. The summed E-state index contributed by atoms with van der Waals surface area (Å²) in [5, 5.41) is 2.91. The second-order valence-electron chi connectivity index (χ2n) is 7.75. The molecule has 0 aliphatic rings. The predicted octanol–water partition coefficient (Wildman–Crippen LogP) is 5.51. The van der Waals surface area contributed by atoms with Gasteiger partial charge in [-0.2, -0.15) is 0 Å². The molecule has 0 radical (unpaired) electrons. The first-order chi connectivity index (χ1) is 15.5. The van der Waals surface area contributed by atoms with E-state index in [4.69, 9.17) is 15.2 Å². The molecule has 1 amide bonds. The quantitative estimate of drug-likeness (QED) is 0.213.